The Morgan fingerprint density at radius 1 is 1.56 bits per heavy atom. The molecule has 1 heterocycles. The van der Waals surface area contributed by atoms with E-state index in [1.165, 1.54) is 25.0 Å². The third-order valence-corrected chi connectivity index (χ3v) is 3.88. The fourth-order valence-electron chi connectivity index (χ4n) is 2.79. The molecular formula is C12H20ClN3. The molecule has 0 aliphatic heterocycles. The molecule has 1 aromatic heterocycles. The Kier molecular flexibility index (Phi) is 3.55. The van der Waals surface area contributed by atoms with E-state index in [4.69, 9.17) is 17.3 Å². The Hall–Kier alpha value is -0.540. The van der Waals surface area contributed by atoms with E-state index in [1.54, 1.807) is 6.20 Å². The second-order valence-electron chi connectivity index (χ2n) is 4.95. The van der Waals surface area contributed by atoms with Gasteiger partial charge in [0.1, 0.15) is 0 Å². The molecule has 16 heavy (non-hydrogen) atoms. The third kappa shape index (κ3) is 1.98. The Morgan fingerprint density at radius 3 is 2.94 bits per heavy atom. The molecule has 2 N–H and O–H groups in total. The predicted molar refractivity (Wildman–Crippen MR) is 66.8 cm³/mol. The van der Waals surface area contributed by atoms with Crippen LogP contribution in [-0.4, -0.2) is 16.3 Å². The van der Waals surface area contributed by atoms with Crippen molar-refractivity contribution in [1.29, 1.82) is 0 Å². The summed E-state index contributed by atoms with van der Waals surface area (Å²) in [7, 11) is 0. The lowest BCUT2D eigenvalue weighted by Crippen LogP contribution is -2.20. The molecule has 2 unspecified atom stereocenters. The van der Waals surface area contributed by atoms with Gasteiger partial charge in [0, 0.05) is 12.0 Å². The number of rotatable bonds is 3. The summed E-state index contributed by atoms with van der Waals surface area (Å²) in [5.41, 5.74) is 7.03. The summed E-state index contributed by atoms with van der Waals surface area (Å²) in [6.07, 6.45) is 5.44. The topological polar surface area (TPSA) is 43.8 Å². The van der Waals surface area contributed by atoms with Crippen LogP contribution in [0, 0.1) is 5.92 Å². The van der Waals surface area contributed by atoms with Gasteiger partial charge in [-0.05, 0) is 39.2 Å². The van der Waals surface area contributed by atoms with Gasteiger partial charge in [0.05, 0.1) is 16.9 Å². The van der Waals surface area contributed by atoms with Crippen molar-refractivity contribution in [2.45, 2.75) is 45.1 Å². The lowest BCUT2D eigenvalue weighted by atomic mass is 9.92. The highest BCUT2D eigenvalue weighted by atomic mass is 35.5. The van der Waals surface area contributed by atoms with E-state index in [2.05, 4.69) is 23.6 Å². The molecule has 0 amide bonds. The number of nitrogens with zero attached hydrogens (tertiary/aromatic N) is 2. The minimum Gasteiger partial charge on any atom is -0.330 e. The van der Waals surface area contributed by atoms with Crippen LogP contribution < -0.4 is 5.73 Å². The van der Waals surface area contributed by atoms with Crippen LogP contribution in [0.1, 0.15) is 50.8 Å². The molecule has 1 saturated carbocycles. The van der Waals surface area contributed by atoms with Crippen LogP contribution in [0.25, 0.3) is 0 Å². The average molecular weight is 242 g/mol. The van der Waals surface area contributed by atoms with E-state index in [-0.39, 0.29) is 0 Å². The number of hydrogen-bond acceptors (Lipinski definition) is 2. The average Bonchev–Trinajstić information content (AvgIpc) is 2.82. The largest absolute Gasteiger partial charge is 0.330 e. The van der Waals surface area contributed by atoms with Crippen molar-refractivity contribution in [3.05, 3.63) is 16.9 Å². The Labute approximate surface area is 102 Å². The van der Waals surface area contributed by atoms with Crippen molar-refractivity contribution in [3.63, 3.8) is 0 Å². The van der Waals surface area contributed by atoms with E-state index in [9.17, 15) is 0 Å². The summed E-state index contributed by atoms with van der Waals surface area (Å²) in [5.74, 6) is 1.08. The molecule has 1 aliphatic rings. The first kappa shape index (κ1) is 11.9. The van der Waals surface area contributed by atoms with Crippen LogP contribution in [0.5, 0.6) is 0 Å². The zero-order valence-corrected chi connectivity index (χ0v) is 10.7. The van der Waals surface area contributed by atoms with Gasteiger partial charge in [-0.1, -0.05) is 18.0 Å². The van der Waals surface area contributed by atoms with Crippen molar-refractivity contribution < 1.29 is 0 Å². The van der Waals surface area contributed by atoms with Crippen molar-refractivity contribution in [3.8, 4) is 0 Å². The maximum Gasteiger partial charge on any atom is 0.0820 e. The highest BCUT2D eigenvalue weighted by molar-refractivity contribution is 6.31. The number of nitrogens with two attached hydrogens (primary N) is 1. The minimum absolute atomic E-state index is 0.363. The van der Waals surface area contributed by atoms with Crippen molar-refractivity contribution in [1.82, 2.24) is 9.78 Å². The van der Waals surface area contributed by atoms with Gasteiger partial charge in [0.15, 0.2) is 0 Å². The Bertz CT molecular complexity index is 359. The van der Waals surface area contributed by atoms with Gasteiger partial charge in [-0.15, -0.1) is 0 Å². The van der Waals surface area contributed by atoms with Crippen molar-refractivity contribution in [2.24, 2.45) is 11.7 Å². The van der Waals surface area contributed by atoms with E-state index in [0.717, 1.165) is 11.6 Å². The van der Waals surface area contributed by atoms with Crippen LogP contribution in [-0.2, 0) is 0 Å². The minimum atomic E-state index is 0.363. The predicted octanol–water partition coefficient (Wildman–Crippen LogP) is 2.96. The van der Waals surface area contributed by atoms with Crippen LogP contribution in [0.4, 0.5) is 0 Å². The van der Waals surface area contributed by atoms with Crippen LogP contribution in [0.15, 0.2) is 6.20 Å². The first-order valence-electron chi connectivity index (χ1n) is 6.08. The molecule has 1 aromatic rings. The maximum absolute atomic E-state index is 6.27. The summed E-state index contributed by atoms with van der Waals surface area (Å²) >= 11 is 6.27. The van der Waals surface area contributed by atoms with Gasteiger partial charge >= 0.3 is 0 Å². The van der Waals surface area contributed by atoms with E-state index >= 15 is 0 Å². The molecule has 0 aromatic carbocycles. The standard InChI is InChI=1S/C12H20ClN3/c1-8(2)16-12(11(13)7-15-16)10-5-3-4-9(10)6-14/h7-10H,3-6,14H2,1-2H3. The molecule has 1 aliphatic carbocycles. The molecular weight excluding hydrogens is 222 g/mol. The van der Waals surface area contributed by atoms with Gasteiger partial charge in [0.2, 0.25) is 0 Å². The fourth-order valence-corrected chi connectivity index (χ4v) is 3.06. The van der Waals surface area contributed by atoms with Gasteiger partial charge in [-0.3, -0.25) is 4.68 Å². The van der Waals surface area contributed by atoms with Crippen LogP contribution in [0.3, 0.4) is 0 Å². The van der Waals surface area contributed by atoms with Crippen LogP contribution in [0.2, 0.25) is 5.02 Å². The highest BCUT2D eigenvalue weighted by Gasteiger charge is 2.32. The third-order valence-electron chi connectivity index (χ3n) is 3.59. The van der Waals surface area contributed by atoms with E-state index < -0.39 is 0 Å². The van der Waals surface area contributed by atoms with Crippen molar-refractivity contribution in [2.75, 3.05) is 6.54 Å². The summed E-state index contributed by atoms with van der Waals surface area (Å²) in [6, 6.07) is 0.363. The van der Waals surface area contributed by atoms with Gasteiger partial charge in [-0.25, -0.2) is 0 Å². The molecule has 3 nitrogen and oxygen atoms in total. The summed E-state index contributed by atoms with van der Waals surface area (Å²) < 4.78 is 2.06. The Balaban J connectivity index is 2.34. The zero-order valence-electron chi connectivity index (χ0n) is 9.99. The molecule has 1 fully saturated rings. The second kappa shape index (κ2) is 4.76. The van der Waals surface area contributed by atoms with Gasteiger partial charge < -0.3 is 5.73 Å². The number of hydrogen-bond donors (Lipinski definition) is 1. The van der Waals surface area contributed by atoms with Crippen molar-refractivity contribution >= 4 is 11.6 Å². The molecule has 90 valence electrons. The summed E-state index contributed by atoms with van der Waals surface area (Å²) in [6.45, 7) is 5.03. The molecule has 0 radical (unpaired) electrons. The molecule has 0 spiro atoms. The SMILES string of the molecule is CC(C)n1ncc(Cl)c1C1CCCC1CN. The summed E-state index contributed by atoms with van der Waals surface area (Å²) in [5, 5.41) is 5.18. The first-order chi connectivity index (χ1) is 7.65. The monoisotopic (exact) mass is 241 g/mol. The fraction of sp³-hybridized carbons (Fsp3) is 0.750. The molecule has 4 heteroatoms. The summed E-state index contributed by atoms with van der Waals surface area (Å²) in [4.78, 5) is 0. The van der Waals surface area contributed by atoms with Gasteiger partial charge in [0.25, 0.3) is 0 Å². The Morgan fingerprint density at radius 2 is 2.31 bits per heavy atom. The first-order valence-corrected chi connectivity index (χ1v) is 6.46. The number of aromatic nitrogens is 2. The zero-order chi connectivity index (χ0) is 11.7. The maximum atomic E-state index is 6.27. The van der Waals surface area contributed by atoms with E-state index in [1.807, 2.05) is 0 Å². The molecule has 0 saturated heterocycles. The normalized spacial score (nSPS) is 25.6. The van der Waals surface area contributed by atoms with E-state index in [0.29, 0.717) is 17.9 Å². The molecule has 2 rings (SSSR count). The molecule has 0 bridgehead atoms. The molecule has 2 atom stereocenters. The van der Waals surface area contributed by atoms with Crippen LogP contribution >= 0.6 is 11.6 Å². The smallest absolute Gasteiger partial charge is 0.0820 e. The number of halogens is 1. The lowest BCUT2D eigenvalue weighted by Gasteiger charge is -2.21. The highest BCUT2D eigenvalue weighted by Crippen LogP contribution is 2.42. The van der Waals surface area contributed by atoms with Gasteiger partial charge in [-0.2, -0.15) is 5.10 Å². The quantitative estimate of drug-likeness (QED) is 0.884. The second-order valence-corrected chi connectivity index (χ2v) is 5.36. The lowest BCUT2D eigenvalue weighted by molar-refractivity contribution is 0.431.